The van der Waals surface area contributed by atoms with Crippen LogP contribution in [0.15, 0.2) is 35.3 Å². The molecule has 0 bridgehead atoms. The number of benzene rings is 1. The monoisotopic (exact) mass is 367 g/mol. The summed E-state index contributed by atoms with van der Waals surface area (Å²) in [4.78, 5) is 6.45. The first-order valence-electron chi connectivity index (χ1n) is 8.81. The molecule has 0 aromatic heterocycles. The minimum atomic E-state index is -2.95. The lowest BCUT2D eigenvalue weighted by Gasteiger charge is -2.21. The topological polar surface area (TPSA) is 71.0 Å². The molecule has 1 aromatic carbocycles. The highest BCUT2D eigenvalue weighted by Gasteiger charge is 2.25. The number of guanidine groups is 1. The van der Waals surface area contributed by atoms with E-state index >= 15 is 0 Å². The van der Waals surface area contributed by atoms with Crippen LogP contribution < -0.4 is 5.32 Å². The van der Waals surface area contributed by atoms with Crippen LogP contribution in [-0.4, -0.2) is 64.1 Å². The van der Waals surface area contributed by atoms with Gasteiger partial charge in [0, 0.05) is 38.4 Å². The van der Waals surface area contributed by atoms with Crippen molar-refractivity contribution in [1.82, 2.24) is 10.2 Å². The van der Waals surface area contributed by atoms with Gasteiger partial charge in [-0.3, -0.25) is 4.99 Å². The van der Waals surface area contributed by atoms with Crippen molar-refractivity contribution in [2.45, 2.75) is 20.0 Å². The lowest BCUT2D eigenvalue weighted by molar-refractivity contribution is 0.0907. The standard InChI is InChI=1S/C18H29N3O3S/c1-3-25(22,23)12-10-20-18(19-2)21-11-9-17(13-21)15-24-14-16-7-5-4-6-8-16/h4-8,17H,3,9-15H2,1-2H3,(H,19,20). The first-order valence-corrected chi connectivity index (χ1v) is 10.6. The molecular formula is C18H29N3O3S. The molecule has 1 fully saturated rings. The van der Waals surface area contributed by atoms with E-state index in [0.717, 1.165) is 32.1 Å². The highest BCUT2D eigenvalue weighted by Crippen LogP contribution is 2.17. The van der Waals surface area contributed by atoms with Crippen molar-refractivity contribution in [3.05, 3.63) is 35.9 Å². The predicted octanol–water partition coefficient (Wildman–Crippen LogP) is 1.54. The molecule has 1 aromatic rings. The fraction of sp³-hybridized carbons (Fsp3) is 0.611. The van der Waals surface area contributed by atoms with E-state index in [1.807, 2.05) is 18.2 Å². The number of sulfone groups is 1. The molecule has 1 heterocycles. The molecule has 1 N–H and O–H groups in total. The van der Waals surface area contributed by atoms with Crippen LogP contribution in [0.3, 0.4) is 0 Å². The zero-order valence-electron chi connectivity index (χ0n) is 15.1. The van der Waals surface area contributed by atoms with Crippen molar-refractivity contribution in [2.24, 2.45) is 10.9 Å². The Morgan fingerprint density at radius 1 is 1.36 bits per heavy atom. The Kier molecular flexibility index (Phi) is 7.71. The fourth-order valence-electron chi connectivity index (χ4n) is 2.87. The van der Waals surface area contributed by atoms with E-state index in [2.05, 4.69) is 27.3 Å². The summed E-state index contributed by atoms with van der Waals surface area (Å²) >= 11 is 0. The molecule has 1 aliphatic rings. The molecule has 0 amide bonds. The molecule has 1 aliphatic heterocycles. The maximum absolute atomic E-state index is 11.6. The number of nitrogens with one attached hydrogen (secondary N) is 1. The Bertz CT molecular complexity index is 647. The number of likely N-dealkylation sites (tertiary alicyclic amines) is 1. The second-order valence-corrected chi connectivity index (χ2v) is 8.78. The summed E-state index contributed by atoms with van der Waals surface area (Å²) in [7, 11) is -1.22. The third-order valence-corrected chi connectivity index (χ3v) is 6.10. The maximum atomic E-state index is 11.6. The van der Waals surface area contributed by atoms with Crippen LogP contribution in [0.4, 0.5) is 0 Å². The van der Waals surface area contributed by atoms with Crippen LogP contribution in [-0.2, 0) is 21.2 Å². The van der Waals surface area contributed by atoms with Gasteiger partial charge in [-0.15, -0.1) is 0 Å². The lowest BCUT2D eigenvalue weighted by Crippen LogP contribution is -2.42. The highest BCUT2D eigenvalue weighted by atomic mass is 32.2. The van der Waals surface area contributed by atoms with E-state index < -0.39 is 9.84 Å². The summed E-state index contributed by atoms with van der Waals surface area (Å²) in [6.07, 6.45) is 1.06. The SMILES string of the molecule is CCS(=O)(=O)CCNC(=NC)N1CCC(COCc2ccccc2)C1. The van der Waals surface area contributed by atoms with Crippen LogP contribution >= 0.6 is 0 Å². The second-order valence-electron chi connectivity index (χ2n) is 6.31. The quantitative estimate of drug-likeness (QED) is 0.557. The van der Waals surface area contributed by atoms with Crippen LogP contribution in [0.2, 0.25) is 0 Å². The average Bonchev–Trinajstić information content (AvgIpc) is 3.08. The second kappa shape index (κ2) is 9.77. The Hall–Kier alpha value is -1.60. The Balaban J connectivity index is 1.71. The van der Waals surface area contributed by atoms with Gasteiger partial charge in [-0.2, -0.15) is 0 Å². The van der Waals surface area contributed by atoms with Gasteiger partial charge < -0.3 is 15.0 Å². The number of rotatable bonds is 8. The zero-order valence-corrected chi connectivity index (χ0v) is 16.0. The predicted molar refractivity (Wildman–Crippen MR) is 101 cm³/mol. The molecule has 0 saturated carbocycles. The van der Waals surface area contributed by atoms with Gasteiger partial charge in [0.25, 0.3) is 0 Å². The minimum absolute atomic E-state index is 0.139. The van der Waals surface area contributed by atoms with Gasteiger partial charge >= 0.3 is 0 Å². The molecule has 0 aliphatic carbocycles. The number of aliphatic imine (C=N–C) groups is 1. The molecule has 25 heavy (non-hydrogen) atoms. The zero-order chi connectivity index (χ0) is 18.1. The molecule has 140 valence electrons. The van der Waals surface area contributed by atoms with E-state index in [1.54, 1.807) is 14.0 Å². The third kappa shape index (κ3) is 6.66. The van der Waals surface area contributed by atoms with Gasteiger partial charge in [0.05, 0.1) is 19.0 Å². The number of hydrogen-bond donors (Lipinski definition) is 1. The summed E-state index contributed by atoms with van der Waals surface area (Å²) in [6.45, 7) is 5.24. The van der Waals surface area contributed by atoms with E-state index in [0.29, 0.717) is 19.1 Å². The molecule has 1 unspecified atom stereocenters. The van der Waals surface area contributed by atoms with Gasteiger partial charge in [-0.05, 0) is 12.0 Å². The molecule has 1 saturated heterocycles. The Morgan fingerprint density at radius 2 is 2.12 bits per heavy atom. The normalized spacial score (nSPS) is 18.6. The minimum Gasteiger partial charge on any atom is -0.376 e. The van der Waals surface area contributed by atoms with Gasteiger partial charge in [0.1, 0.15) is 0 Å². The van der Waals surface area contributed by atoms with Crippen molar-refractivity contribution in [3.63, 3.8) is 0 Å². The first-order chi connectivity index (χ1) is 12.0. The smallest absolute Gasteiger partial charge is 0.193 e. The summed E-state index contributed by atoms with van der Waals surface area (Å²) in [5.74, 6) is 1.57. The van der Waals surface area contributed by atoms with Crippen molar-refractivity contribution < 1.29 is 13.2 Å². The summed E-state index contributed by atoms with van der Waals surface area (Å²) in [5, 5.41) is 3.16. The Morgan fingerprint density at radius 3 is 2.80 bits per heavy atom. The number of nitrogens with zero attached hydrogens (tertiary/aromatic N) is 2. The van der Waals surface area contributed by atoms with Crippen LogP contribution in [0.25, 0.3) is 0 Å². The van der Waals surface area contributed by atoms with Crippen LogP contribution in [0.1, 0.15) is 18.9 Å². The first kappa shape index (κ1) is 19.7. The van der Waals surface area contributed by atoms with Crippen molar-refractivity contribution in [2.75, 3.05) is 44.8 Å². The van der Waals surface area contributed by atoms with E-state index in [-0.39, 0.29) is 11.5 Å². The van der Waals surface area contributed by atoms with Gasteiger partial charge in [-0.1, -0.05) is 37.3 Å². The van der Waals surface area contributed by atoms with Gasteiger partial charge in [-0.25, -0.2) is 8.42 Å². The van der Waals surface area contributed by atoms with E-state index in [4.69, 9.17) is 4.74 Å². The molecule has 1 atom stereocenters. The highest BCUT2D eigenvalue weighted by molar-refractivity contribution is 7.91. The summed E-state index contributed by atoms with van der Waals surface area (Å²) < 4.78 is 29.0. The van der Waals surface area contributed by atoms with Gasteiger partial charge in [0.2, 0.25) is 0 Å². The largest absolute Gasteiger partial charge is 0.376 e. The molecule has 0 spiro atoms. The molecule has 2 rings (SSSR count). The summed E-state index contributed by atoms with van der Waals surface area (Å²) in [5.41, 5.74) is 1.19. The van der Waals surface area contributed by atoms with Gasteiger partial charge in [0.15, 0.2) is 15.8 Å². The van der Waals surface area contributed by atoms with E-state index in [1.165, 1.54) is 5.56 Å². The van der Waals surface area contributed by atoms with Crippen LogP contribution in [0.5, 0.6) is 0 Å². The Labute approximate surface area is 151 Å². The van der Waals surface area contributed by atoms with Crippen LogP contribution in [0, 0.1) is 5.92 Å². The molecule has 0 radical (unpaired) electrons. The number of hydrogen-bond acceptors (Lipinski definition) is 4. The molecular weight excluding hydrogens is 338 g/mol. The third-order valence-electron chi connectivity index (χ3n) is 4.40. The van der Waals surface area contributed by atoms with E-state index in [9.17, 15) is 8.42 Å². The molecule has 7 heteroatoms. The van der Waals surface area contributed by atoms with Crippen molar-refractivity contribution in [3.8, 4) is 0 Å². The van der Waals surface area contributed by atoms with Crippen molar-refractivity contribution in [1.29, 1.82) is 0 Å². The molecule has 6 nitrogen and oxygen atoms in total. The fourth-order valence-corrected chi connectivity index (χ4v) is 3.58. The average molecular weight is 368 g/mol. The summed E-state index contributed by atoms with van der Waals surface area (Å²) in [6, 6.07) is 10.2. The maximum Gasteiger partial charge on any atom is 0.193 e. The lowest BCUT2D eigenvalue weighted by atomic mass is 10.1. The van der Waals surface area contributed by atoms with Crippen molar-refractivity contribution >= 4 is 15.8 Å². The number of ether oxygens (including phenoxy) is 1.